The zero-order valence-corrected chi connectivity index (χ0v) is 11.2. The number of hydrogen-bond acceptors (Lipinski definition) is 4. The average Bonchev–Trinajstić information content (AvgIpc) is 2.86. The molecule has 3 nitrogen and oxygen atoms in total. The third kappa shape index (κ3) is 2.16. The van der Waals surface area contributed by atoms with Gasteiger partial charge in [0.1, 0.15) is 11.9 Å². The normalized spacial score (nSPS) is 10.3. The molecule has 0 saturated carbocycles. The molecule has 0 saturated heterocycles. The van der Waals surface area contributed by atoms with E-state index < -0.39 is 0 Å². The minimum absolute atomic E-state index is 0.591. The number of hydrogen-bond donors (Lipinski definition) is 1. The summed E-state index contributed by atoms with van der Waals surface area (Å²) in [5, 5.41) is 15.7. The van der Waals surface area contributed by atoms with Crippen LogP contribution in [-0.2, 0) is 0 Å². The Kier molecular flexibility index (Phi) is 2.90. The molecule has 0 aliphatic heterocycles. The van der Waals surface area contributed by atoms with E-state index in [-0.39, 0.29) is 0 Å². The molecule has 1 aromatic carbocycles. The highest BCUT2D eigenvalue weighted by atomic mass is 32.1. The van der Waals surface area contributed by atoms with Crippen molar-refractivity contribution in [3.05, 3.63) is 53.0 Å². The van der Waals surface area contributed by atoms with Gasteiger partial charge < -0.3 is 5.32 Å². The minimum Gasteiger partial charge on any atom is -0.339 e. The standard InChI is InChI=1S/C15H11N3S/c1-10-4-6-17-15(13(10)9-16)18-12-2-3-14-11(8-12)5-7-19-14/h2-8H,1H3,(H,17,18). The summed E-state index contributed by atoms with van der Waals surface area (Å²) >= 11 is 1.72. The van der Waals surface area contributed by atoms with Crippen LogP contribution in [0, 0.1) is 18.3 Å². The van der Waals surface area contributed by atoms with Gasteiger partial charge in [-0.2, -0.15) is 5.26 Å². The Hall–Kier alpha value is -2.38. The quantitative estimate of drug-likeness (QED) is 0.754. The van der Waals surface area contributed by atoms with E-state index >= 15 is 0 Å². The van der Waals surface area contributed by atoms with Crippen LogP contribution < -0.4 is 5.32 Å². The lowest BCUT2D eigenvalue weighted by Gasteiger charge is -2.08. The summed E-state index contributed by atoms with van der Waals surface area (Å²) in [4.78, 5) is 4.24. The van der Waals surface area contributed by atoms with Crippen LogP contribution in [0.3, 0.4) is 0 Å². The fraction of sp³-hybridized carbons (Fsp3) is 0.0667. The van der Waals surface area contributed by atoms with Crippen LogP contribution in [0.15, 0.2) is 41.9 Å². The lowest BCUT2D eigenvalue weighted by atomic mass is 10.1. The van der Waals surface area contributed by atoms with Gasteiger partial charge in [-0.3, -0.25) is 0 Å². The lowest BCUT2D eigenvalue weighted by Crippen LogP contribution is -1.98. The summed E-state index contributed by atoms with van der Waals surface area (Å²) in [5.74, 6) is 0.608. The highest BCUT2D eigenvalue weighted by Gasteiger charge is 2.07. The van der Waals surface area contributed by atoms with Gasteiger partial charge in [0.15, 0.2) is 0 Å². The molecule has 3 aromatic rings. The van der Waals surface area contributed by atoms with Gasteiger partial charge in [0, 0.05) is 16.6 Å². The molecule has 0 radical (unpaired) electrons. The van der Waals surface area contributed by atoms with Crippen molar-refractivity contribution >= 4 is 32.9 Å². The number of nitrogens with one attached hydrogen (secondary N) is 1. The van der Waals surface area contributed by atoms with Gasteiger partial charge >= 0.3 is 0 Å². The number of aryl methyl sites for hydroxylation is 1. The van der Waals surface area contributed by atoms with Gasteiger partial charge in [0.25, 0.3) is 0 Å². The Morgan fingerprint density at radius 3 is 3.00 bits per heavy atom. The van der Waals surface area contributed by atoms with E-state index in [9.17, 15) is 5.26 Å². The summed E-state index contributed by atoms with van der Waals surface area (Å²) < 4.78 is 1.25. The lowest BCUT2D eigenvalue weighted by molar-refractivity contribution is 1.25. The van der Waals surface area contributed by atoms with Crippen molar-refractivity contribution in [2.24, 2.45) is 0 Å². The first-order chi connectivity index (χ1) is 9.28. The molecule has 92 valence electrons. The third-order valence-corrected chi connectivity index (χ3v) is 3.88. The smallest absolute Gasteiger partial charge is 0.148 e. The maximum absolute atomic E-state index is 9.19. The van der Waals surface area contributed by atoms with E-state index in [2.05, 4.69) is 39.9 Å². The maximum Gasteiger partial charge on any atom is 0.148 e. The molecule has 0 atom stereocenters. The maximum atomic E-state index is 9.19. The minimum atomic E-state index is 0.591. The number of nitriles is 1. The Labute approximate surface area is 115 Å². The van der Waals surface area contributed by atoms with Crippen LogP contribution in [0.2, 0.25) is 0 Å². The Morgan fingerprint density at radius 1 is 1.26 bits per heavy atom. The summed E-state index contributed by atoms with van der Waals surface area (Å²) in [6, 6.07) is 12.3. The molecule has 4 heteroatoms. The van der Waals surface area contributed by atoms with Crippen molar-refractivity contribution < 1.29 is 0 Å². The summed E-state index contributed by atoms with van der Waals surface area (Å²) in [7, 11) is 0. The predicted octanol–water partition coefficient (Wildman–Crippen LogP) is 4.22. The summed E-state index contributed by atoms with van der Waals surface area (Å²) in [6.45, 7) is 1.91. The molecule has 0 spiro atoms. The Balaban J connectivity index is 2.01. The molecule has 0 aliphatic carbocycles. The predicted molar refractivity (Wildman–Crippen MR) is 78.8 cm³/mol. The number of thiophene rings is 1. The number of pyridine rings is 1. The van der Waals surface area contributed by atoms with E-state index in [0.717, 1.165) is 11.3 Å². The molecule has 2 aromatic heterocycles. The second kappa shape index (κ2) is 4.71. The van der Waals surface area contributed by atoms with Gasteiger partial charge in [0.05, 0.1) is 5.56 Å². The average molecular weight is 265 g/mol. The monoisotopic (exact) mass is 265 g/mol. The van der Waals surface area contributed by atoms with Crippen molar-refractivity contribution in [3.8, 4) is 6.07 Å². The molecule has 0 fully saturated rings. The molecular weight excluding hydrogens is 254 g/mol. The van der Waals surface area contributed by atoms with Crippen LogP contribution in [-0.4, -0.2) is 4.98 Å². The molecule has 1 N–H and O–H groups in total. The highest BCUT2D eigenvalue weighted by molar-refractivity contribution is 7.17. The fourth-order valence-electron chi connectivity index (χ4n) is 1.98. The van der Waals surface area contributed by atoms with Crippen molar-refractivity contribution in [1.82, 2.24) is 4.98 Å². The van der Waals surface area contributed by atoms with Crippen molar-refractivity contribution in [2.75, 3.05) is 5.32 Å². The summed E-state index contributed by atoms with van der Waals surface area (Å²) in [5.41, 5.74) is 2.46. The number of anilines is 2. The van der Waals surface area contributed by atoms with Crippen molar-refractivity contribution in [2.45, 2.75) is 6.92 Å². The highest BCUT2D eigenvalue weighted by Crippen LogP contribution is 2.26. The molecule has 0 amide bonds. The molecular formula is C15H11N3S. The SMILES string of the molecule is Cc1ccnc(Nc2ccc3sccc3c2)c1C#N. The first-order valence-electron chi connectivity index (χ1n) is 5.88. The fourth-order valence-corrected chi connectivity index (χ4v) is 2.75. The van der Waals surface area contributed by atoms with E-state index in [1.54, 1.807) is 17.5 Å². The number of benzene rings is 1. The second-order valence-electron chi connectivity index (χ2n) is 4.26. The zero-order valence-electron chi connectivity index (χ0n) is 10.3. The molecule has 3 rings (SSSR count). The van der Waals surface area contributed by atoms with E-state index in [1.165, 1.54) is 10.1 Å². The topological polar surface area (TPSA) is 48.7 Å². The summed E-state index contributed by atoms with van der Waals surface area (Å²) in [6.07, 6.45) is 1.71. The molecule has 19 heavy (non-hydrogen) atoms. The molecule has 0 aliphatic rings. The van der Waals surface area contributed by atoms with Gasteiger partial charge in [-0.25, -0.2) is 4.98 Å². The Bertz CT molecular complexity index is 783. The van der Waals surface area contributed by atoms with Gasteiger partial charge in [-0.15, -0.1) is 11.3 Å². The first-order valence-corrected chi connectivity index (χ1v) is 6.76. The van der Waals surface area contributed by atoms with Crippen molar-refractivity contribution in [3.63, 3.8) is 0 Å². The van der Waals surface area contributed by atoms with E-state index in [0.29, 0.717) is 11.4 Å². The number of aromatic nitrogens is 1. The number of fused-ring (bicyclic) bond motifs is 1. The Morgan fingerprint density at radius 2 is 2.16 bits per heavy atom. The number of rotatable bonds is 2. The van der Waals surface area contributed by atoms with Crippen LogP contribution in [0.1, 0.15) is 11.1 Å². The first kappa shape index (κ1) is 11.7. The van der Waals surface area contributed by atoms with Crippen LogP contribution in [0.4, 0.5) is 11.5 Å². The number of nitrogens with zero attached hydrogens (tertiary/aromatic N) is 2. The zero-order chi connectivity index (χ0) is 13.2. The van der Waals surface area contributed by atoms with Gasteiger partial charge in [-0.05, 0) is 53.6 Å². The molecule has 2 heterocycles. The van der Waals surface area contributed by atoms with Crippen LogP contribution >= 0.6 is 11.3 Å². The second-order valence-corrected chi connectivity index (χ2v) is 5.21. The largest absolute Gasteiger partial charge is 0.339 e. The van der Waals surface area contributed by atoms with Crippen LogP contribution in [0.5, 0.6) is 0 Å². The molecule has 0 bridgehead atoms. The van der Waals surface area contributed by atoms with Gasteiger partial charge in [0.2, 0.25) is 0 Å². The van der Waals surface area contributed by atoms with E-state index in [4.69, 9.17) is 0 Å². The third-order valence-electron chi connectivity index (χ3n) is 2.99. The molecule has 0 unspecified atom stereocenters. The van der Waals surface area contributed by atoms with E-state index in [1.807, 2.05) is 19.1 Å². The van der Waals surface area contributed by atoms with Crippen LogP contribution in [0.25, 0.3) is 10.1 Å². The van der Waals surface area contributed by atoms with Gasteiger partial charge in [-0.1, -0.05) is 0 Å². The van der Waals surface area contributed by atoms with Crippen molar-refractivity contribution in [1.29, 1.82) is 5.26 Å².